The van der Waals surface area contributed by atoms with E-state index < -0.39 is 18.0 Å². The first kappa shape index (κ1) is 10.9. The molecule has 1 saturated carbocycles. The third-order valence-electron chi connectivity index (χ3n) is 2.14. The van der Waals surface area contributed by atoms with Gasteiger partial charge in [-0.1, -0.05) is 0 Å². The summed E-state index contributed by atoms with van der Waals surface area (Å²) in [6.45, 7) is 1.57. The van der Waals surface area contributed by atoms with E-state index in [9.17, 15) is 9.59 Å². The molecule has 0 spiro atoms. The van der Waals surface area contributed by atoms with Gasteiger partial charge in [0.25, 0.3) is 5.91 Å². The van der Waals surface area contributed by atoms with Gasteiger partial charge in [-0.2, -0.15) is 0 Å². The Balaban J connectivity index is 2.24. The smallest absolute Gasteiger partial charge is 0.318 e. The van der Waals surface area contributed by atoms with Crippen molar-refractivity contribution in [3.8, 4) is 0 Å². The van der Waals surface area contributed by atoms with Gasteiger partial charge in [-0.3, -0.25) is 10.1 Å². The molecule has 6 heteroatoms. The number of hydrogen-bond donors (Lipinski definition) is 3. The standard InChI is InChI=1S/C8H15N3O3/c1-4(7(12)11-8(10)13)14-6-2-5(9)3-6/h4-6H,2-3,9H2,1H3,(H3,10,11,12,13). The quantitative estimate of drug-likeness (QED) is 0.548. The highest BCUT2D eigenvalue weighted by Gasteiger charge is 2.30. The maximum Gasteiger partial charge on any atom is 0.318 e. The predicted octanol–water partition coefficient (Wildman–Crippen LogP) is -0.924. The summed E-state index contributed by atoms with van der Waals surface area (Å²) in [7, 11) is 0. The summed E-state index contributed by atoms with van der Waals surface area (Å²) in [5, 5.41) is 1.95. The van der Waals surface area contributed by atoms with Crippen molar-refractivity contribution in [3.63, 3.8) is 0 Å². The van der Waals surface area contributed by atoms with E-state index >= 15 is 0 Å². The number of hydrogen-bond acceptors (Lipinski definition) is 4. The summed E-state index contributed by atoms with van der Waals surface area (Å²) >= 11 is 0. The fourth-order valence-corrected chi connectivity index (χ4v) is 1.29. The molecular formula is C8H15N3O3. The van der Waals surface area contributed by atoms with Gasteiger partial charge in [0.05, 0.1) is 6.10 Å². The van der Waals surface area contributed by atoms with Gasteiger partial charge in [0, 0.05) is 6.04 Å². The minimum absolute atomic E-state index is 0.0265. The minimum Gasteiger partial charge on any atom is -0.365 e. The topological polar surface area (TPSA) is 107 Å². The lowest BCUT2D eigenvalue weighted by Gasteiger charge is -2.33. The Morgan fingerprint density at radius 1 is 1.50 bits per heavy atom. The first-order valence-electron chi connectivity index (χ1n) is 4.50. The molecule has 5 N–H and O–H groups in total. The molecule has 0 radical (unpaired) electrons. The van der Waals surface area contributed by atoms with E-state index in [1.165, 1.54) is 0 Å². The third kappa shape index (κ3) is 2.97. The second kappa shape index (κ2) is 4.39. The van der Waals surface area contributed by atoms with Crippen LogP contribution in [0.5, 0.6) is 0 Å². The van der Waals surface area contributed by atoms with E-state index in [0.29, 0.717) is 0 Å². The summed E-state index contributed by atoms with van der Waals surface area (Å²) in [4.78, 5) is 21.5. The Morgan fingerprint density at radius 3 is 2.50 bits per heavy atom. The molecule has 1 fully saturated rings. The minimum atomic E-state index is -0.865. The molecule has 0 aromatic heterocycles. The highest BCUT2D eigenvalue weighted by Crippen LogP contribution is 2.22. The van der Waals surface area contributed by atoms with Gasteiger partial charge in [-0.25, -0.2) is 4.79 Å². The predicted molar refractivity (Wildman–Crippen MR) is 49.3 cm³/mol. The van der Waals surface area contributed by atoms with Crippen LogP contribution >= 0.6 is 0 Å². The van der Waals surface area contributed by atoms with E-state index in [-0.39, 0.29) is 12.1 Å². The van der Waals surface area contributed by atoms with Crippen molar-refractivity contribution in [3.05, 3.63) is 0 Å². The average Bonchev–Trinajstić information content (AvgIpc) is 2.00. The molecule has 6 nitrogen and oxygen atoms in total. The van der Waals surface area contributed by atoms with Crippen LogP contribution in [-0.2, 0) is 9.53 Å². The molecule has 0 heterocycles. The fraction of sp³-hybridized carbons (Fsp3) is 0.750. The van der Waals surface area contributed by atoms with Gasteiger partial charge >= 0.3 is 6.03 Å². The number of carbonyl (C=O) groups excluding carboxylic acids is 2. The van der Waals surface area contributed by atoms with Crippen molar-refractivity contribution in [2.75, 3.05) is 0 Å². The van der Waals surface area contributed by atoms with Crippen LogP contribution in [0.1, 0.15) is 19.8 Å². The van der Waals surface area contributed by atoms with E-state index in [1.54, 1.807) is 6.92 Å². The molecule has 0 aromatic carbocycles. The maximum atomic E-state index is 11.1. The van der Waals surface area contributed by atoms with E-state index in [2.05, 4.69) is 0 Å². The lowest BCUT2D eigenvalue weighted by atomic mass is 9.90. The maximum absolute atomic E-state index is 11.1. The zero-order chi connectivity index (χ0) is 10.7. The number of carbonyl (C=O) groups is 2. The number of nitrogens with one attached hydrogen (secondary N) is 1. The molecule has 0 bridgehead atoms. The summed E-state index contributed by atoms with van der Waals surface area (Å²) in [5.41, 5.74) is 10.3. The number of urea groups is 1. The first-order chi connectivity index (χ1) is 6.49. The molecular weight excluding hydrogens is 186 g/mol. The summed E-state index contributed by atoms with van der Waals surface area (Å²) in [6.07, 6.45) is 0.876. The molecule has 1 rings (SSSR count). The molecule has 1 unspecified atom stereocenters. The van der Waals surface area contributed by atoms with Crippen LogP contribution in [0.15, 0.2) is 0 Å². The molecule has 3 amide bonds. The molecule has 0 aromatic rings. The lowest BCUT2D eigenvalue weighted by Crippen LogP contribution is -2.47. The zero-order valence-corrected chi connectivity index (χ0v) is 8.03. The van der Waals surface area contributed by atoms with Gasteiger partial charge in [0.2, 0.25) is 0 Å². The molecule has 14 heavy (non-hydrogen) atoms. The van der Waals surface area contributed by atoms with Gasteiger partial charge in [-0.05, 0) is 19.8 Å². The monoisotopic (exact) mass is 201 g/mol. The Morgan fingerprint density at radius 2 is 2.07 bits per heavy atom. The number of imide groups is 1. The number of rotatable bonds is 3. The Bertz CT molecular complexity index is 238. The highest BCUT2D eigenvalue weighted by molar-refractivity contribution is 5.95. The van der Waals surface area contributed by atoms with Crippen LogP contribution in [-0.4, -0.2) is 30.2 Å². The molecule has 80 valence electrons. The SMILES string of the molecule is CC(OC1CC(N)C1)C(=O)NC(N)=O. The number of nitrogens with two attached hydrogens (primary N) is 2. The van der Waals surface area contributed by atoms with Crippen molar-refractivity contribution >= 4 is 11.9 Å². The van der Waals surface area contributed by atoms with Crippen molar-refractivity contribution < 1.29 is 14.3 Å². The number of amides is 3. The van der Waals surface area contributed by atoms with Gasteiger partial charge in [-0.15, -0.1) is 0 Å². The number of ether oxygens (including phenoxy) is 1. The zero-order valence-electron chi connectivity index (χ0n) is 8.03. The van der Waals surface area contributed by atoms with Crippen LogP contribution < -0.4 is 16.8 Å². The second-order valence-electron chi connectivity index (χ2n) is 3.49. The fourth-order valence-electron chi connectivity index (χ4n) is 1.29. The molecule has 0 aliphatic heterocycles. The van der Waals surface area contributed by atoms with Gasteiger partial charge in [0.1, 0.15) is 6.10 Å². The third-order valence-corrected chi connectivity index (χ3v) is 2.14. The lowest BCUT2D eigenvalue weighted by molar-refractivity contribution is -0.138. The first-order valence-corrected chi connectivity index (χ1v) is 4.50. The number of primary amides is 1. The Hall–Kier alpha value is -1.14. The van der Waals surface area contributed by atoms with E-state index in [4.69, 9.17) is 16.2 Å². The molecule has 1 atom stereocenters. The van der Waals surface area contributed by atoms with Crippen LogP contribution in [0.3, 0.4) is 0 Å². The molecule has 1 aliphatic rings. The normalized spacial score (nSPS) is 27.6. The molecule has 0 saturated heterocycles. The average molecular weight is 201 g/mol. The van der Waals surface area contributed by atoms with Crippen LogP contribution in [0.2, 0.25) is 0 Å². The second-order valence-corrected chi connectivity index (χ2v) is 3.49. The van der Waals surface area contributed by atoms with E-state index in [1.807, 2.05) is 5.32 Å². The highest BCUT2D eigenvalue weighted by atomic mass is 16.5. The van der Waals surface area contributed by atoms with Gasteiger partial charge < -0.3 is 16.2 Å². The van der Waals surface area contributed by atoms with Gasteiger partial charge in [0.15, 0.2) is 0 Å². The summed E-state index contributed by atoms with van der Waals surface area (Å²) < 4.78 is 5.32. The summed E-state index contributed by atoms with van der Waals surface area (Å²) in [6, 6.07) is -0.692. The Labute approximate surface area is 82.0 Å². The van der Waals surface area contributed by atoms with Crippen LogP contribution in [0.25, 0.3) is 0 Å². The van der Waals surface area contributed by atoms with E-state index in [0.717, 1.165) is 12.8 Å². The Kier molecular flexibility index (Phi) is 3.43. The largest absolute Gasteiger partial charge is 0.365 e. The molecule has 1 aliphatic carbocycles. The van der Waals surface area contributed by atoms with Crippen molar-refractivity contribution in [1.29, 1.82) is 0 Å². The van der Waals surface area contributed by atoms with Crippen molar-refractivity contribution in [2.45, 2.75) is 38.0 Å². The van der Waals surface area contributed by atoms with Crippen molar-refractivity contribution in [2.24, 2.45) is 11.5 Å². The van der Waals surface area contributed by atoms with Crippen LogP contribution in [0.4, 0.5) is 4.79 Å². The van der Waals surface area contributed by atoms with Crippen LogP contribution in [0, 0.1) is 0 Å². The van der Waals surface area contributed by atoms with Crippen molar-refractivity contribution in [1.82, 2.24) is 5.32 Å². The summed E-state index contributed by atoms with van der Waals surface area (Å²) in [5.74, 6) is -0.516.